The summed E-state index contributed by atoms with van der Waals surface area (Å²) >= 11 is 5.91. The second-order valence-corrected chi connectivity index (χ2v) is 5.06. The van der Waals surface area contributed by atoms with Crippen molar-refractivity contribution in [3.63, 3.8) is 0 Å². The van der Waals surface area contributed by atoms with Crippen LogP contribution < -0.4 is 5.32 Å². The quantitative estimate of drug-likeness (QED) is 0.799. The van der Waals surface area contributed by atoms with Gasteiger partial charge < -0.3 is 5.32 Å². The molecule has 0 amide bonds. The van der Waals surface area contributed by atoms with Crippen molar-refractivity contribution < 1.29 is 4.39 Å². The number of rotatable bonds is 5. The lowest BCUT2D eigenvalue weighted by molar-refractivity contribution is 0.441. The lowest BCUT2D eigenvalue weighted by Gasteiger charge is -2.15. The Morgan fingerprint density at radius 3 is 2.82 bits per heavy atom. The fourth-order valence-electron chi connectivity index (χ4n) is 1.44. The number of nitrogens with one attached hydrogen (secondary N) is 1. The summed E-state index contributed by atoms with van der Waals surface area (Å²) in [7, 11) is 0. The zero-order valence-corrected chi connectivity index (χ0v) is 10.8. The van der Waals surface area contributed by atoms with Gasteiger partial charge in [0.25, 0.3) is 0 Å². The highest BCUT2D eigenvalue weighted by Crippen LogP contribution is 2.24. The zero-order chi connectivity index (χ0) is 12.9. The molecule has 92 valence electrons. The third-order valence-electron chi connectivity index (χ3n) is 2.53. The van der Waals surface area contributed by atoms with E-state index >= 15 is 0 Å². The standard InChI is InChI=1S/C13H16ClFN2/c1-13(2,9-16)6-3-7-17-12-8-10(15)4-5-11(12)14/h4-5,8,17H,3,6-7H2,1-2H3. The van der Waals surface area contributed by atoms with Gasteiger partial charge in [-0.1, -0.05) is 11.6 Å². The summed E-state index contributed by atoms with van der Waals surface area (Å²) in [5, 5.41) is 12.4. The molecule has 0 aliphatic carbocycles. The van der Waals surface area contributed by atoms with Gasteiger partial charge >= 0.3 is 0 Å². The molecule has 4 heteroatoms. The van der Waals surface area contributed by atoms with Gasteiger partial charge in [0.05, 0.1) is 22.2 Å². The summed E-state index contributed by atoms with van der Waals surface area (Å²) in [6.45, 7) is 4.48. The van der Waals surface area contributed by atoms with Crippen molar-refractivity contribution in [2.24, 2.45) is 5.41 Å². The molecule has 1 aromatic carbocycles. The summed E-state index contributed by atoms with van der Waals surface area (Å²) in [5.41, 5.74) is 0.286. The Balaban J connectivity index is 2.42. The normalized spacial score (nSPS) is 11.0. The molecule has 0 atom stereocenters. The molecule has 2 nitrogen and oxygen atoms in total. The summed E-state index contributed by atoms with van der Waals surface area (Å²) in [6, 6.07) is 6.47. The average Bonchev–Trinajstić information content (AvgIpc) is 2.29. The fourth-order valence-corrected chi connectivity index (χ4v) is 1.63. The predicted octanol–water partition coefficient (Wildman–Crippen LogP) is 4.22. The maximum Gasteiger partial charge on any atom is 0.125 e. The number of nitrogens with zero attached hydrogens (tertiary/aromatic N) is 1. The van der Waals surface area contributed by atoms with Crippen LogP contribution in [0.4, 0.5) is 10.1 Å². The van der Waals surface area contributed by atoms with Crippen molar-refractivity contribution in [1.29, 1.82) is 5.26 Å². The Morgan fingerprint density at radius 1 is 1.47 bits per heavy atom. The van der Waals surface area contributed by atoms with Crippen molar-refractivity contribution >= 4 is 17.3 Å². The van der Waals surface area contributed by atoms with Crippen LogP contribution in [-0.2, 0) is 0 Å². The third kappa shape index (κ3) is 4.62. The molecule has 0 aliphatic rings. The molecular weight excluding hydrogens is 239 g/mol. The van der Waals surface area contributed by atoms with Crippen molar-refractivity contribution in [3.8, 4) is 6.07 Å². The molecule has 0 aromatic heterocycles. The van der Waals surface area contributed by atoms with E-state index in [4.69, 9.17) is 16.9 Å². The number of halogens is 2. The van der Waals surface area contributed by atoms with E-state index in [-0.39, 0.29) is 11.2 Å². The first-order valence-corrected chi connectivity index (χ1v) is 5.92. The van der Waals surface area contributed by atoms with E-state index in [0.29, 0.717) is 17.3 Å². The SMILES string of the molecule is CC(C)(C#N)CCCNc1cc(F)ccc1Cl. The molecule has 1 rings (SSSR count). The van der Waals surface area contributed by atoms with Crippen LogP contribution in [0.5, 0.6) is 0 Å². The molecule has 1 N–H and O–H groups in total. The maximum atomic E-state index is 13.0. The summed E-state index contributed by atoms with van der Waals surface area (Å²) in [4.78, 5) is 0. The van der Waals surface area contributed by atoms with Crippen LogP contribution in [0.1, 0.15) is 26.7 Å². The first kappa shape index (κ1) is 13.8. The lowest BCUT2D eigenvalue weighted by atomic mass is 9.90. The molecule has 17 heavy (non-hydrogen) atoms. The van der Waals surface area contributed by atoms with Gasteiger partial charge in [-0.3, -0.25) is 0 Å². The summed E-state index contributed by atoms with van der Waals surface area (Å²) in [6.07, 6.45) is 1.64. The zero-order valence-electron chi connectivity index (χ0n) is 10.1. The highest BCUT2D eigenvalue weighted by molar-refractivity contribution is 6.33. The van der Waals surface area contributed by atoms with Crippen LogP contribution in [0.2, 0.25) is 5.02 Å². The molecule has 1 aromatic rings. The summed E-state index contributed by atoms with van der Waals surface area (Å²) < 4.78 is 13.0. The Labute approximate surface area is 106 Å². The van der Waals surface area contributed by atoms with Crippen LogP contribution >= 0.6 is 11.6 Å². The molecule has 0 radical (unpaired) electrons. The van der Waals surface area contributed by atoms with Crippen molar-refractivity contribution in [1.82, 2.24) is 0 Å². The number of benzene rings is 1. The molecule has 0 spiro atoms. The maximum absolute atomic E-state index is 13.0. The van der Waals surface area contributed by atoms with E-state index in [2.05, 4.69) is 11.4 Å². The van der Waals surface area contributed by atoms with Crippen molar-refractivity contribution in [3.05, 3.63) is 29.0 Å². The van der Waals surface area contributed by atoms with Gasteiger partial charge in [-0.15, -0.1) is 0 Å². The van der Waals surface area contributed by atoms with Gasteiger partial charge in [0.2, 0.25) is 0 Å². The van der Waals surface area contributed by atoms with Crippen LogP contribution in [0.25, 0.3) is 0 Å². The summed E-state index contributed by atoms with van der Waals surface area (Å²) in [5.74, 6) is -0.311. The minimum atomic E-state index is -0.312. The number of anilines is 1. The smallest absolute Gasteiger partial charge is 0.125 e. The minimum Gasteiger partial charge on any atom is -0.384 e. The van der Waals surface area contributed by atoms with Crippen molar-refractivity contribution in [2.45, 2.75) is 26.7 Å². The molecule has 0 bridgehead atoms. The van der Waals surface area contributed by atoms with Crippen molar-refractivity contribution in [2.75, 3.05) is 11.9 Å². The molecule has 0 fully saturated rings. The van der Waals surface area contributed by atoms with Gasteiger partial charge in [-0.2, -0.15) is 5.26 Å². The van der Waals surface area contributed by atoms with Crippen LogP contribution in [0.15, 0.2) is 18.2 Å². The topological polar surface area (TPSA) is 35.8 Å². The van der Waals surface area contributed by atoms with E-state index in [9.17, 15) is 4.39 Å². The van der Waals surface area contributed by atoms with E-state index in [1.807, 2.05) is 13.8 Å². The first-order valence-electron chi connectivity index (χ1n) is 5.55. The molecular formula is C13H16ClFN2. The van der Waals surface area contributed by atoms with E-state index < -0.39 is 0 Å². The largest absolute Gasteiger partial charge is 0.384 e. The highest BCUT2D eigenvalue weighted by Gasteiger charge is 2.15. The van der Waals surface area contributed by atoms with Crippen LogP contribution in [0.3, 0.4) is 0 Å². The number of hydrogen-bond acceptors (Lipinski definition) is 2. The minimum absolute atomic E-state index is 0.311. The average molecular weight is 255 g/mol. The van der Waals surface area contributed by atoms with Gasteiger partial charge in [0, 0.05) is 6.54 Å². The lowest BCUT2D eigenvalue weighted by Crippen LogP contribution is -2.11. The van der Waals surface area contributed by atoms with Crippen LogP contribution in [-0.4, -0.2) is 6.54 Å². The molecule has 0 saturated carbocycles. The predicted molar refractivity (Wildman–Crippen MR) is 68.5 cm³/mol. The molecule has 0 saturated heterocycles. The fraction of sp³-hybridized carbons (Fsp3) is 0.462. The highest BCUT2D eigenvalue weighted by atomic mass is 35.5. The second-order valence-electron chi connectivity index (χ2n) is 4.65. The Morgan fingerprint density at radius 2 is 2.18 bits per heavy atom. The Hall–Kier alpha value is -1.27. The Kier molecular flexibility index (Phi) is 4.77. The number of nitriles is 1. The molecule has 0 unspecified atom stereocenters. The second kappa shape index (κ2) is 5.88. The monoisotopic (exact) mass is 254 g/mol. The van der Waals surface area contributed by atoms with E-state index in [1.165, 1.54) is 18.2 Å². The van der Waals surface area contributed by atoms with E-state index in [0.717, 1.165) is 12.8 Å². The van der Waals surface area contributed by atoms with E-state index in [1.54, 1.807) is 0 Å². The first-order chi connectivity index (χ1) is 7.94. The van der Waals surface area contributed by atoms with Gasteiger partial charge in [-0.05, 0) is 44.9 Å². The van der Waals surface area contributed by atoms with Gasteiger partial charge in [0.15, 0.2) is 0 Å². The Bertz CT molecular complexity index is 424. The molecule has 0 heterocycles. The van der Waals surface area contributed by atoms with Gasteiger partial charge in [-0.25, -0.2) is 4.39 Å². The van der Waals surface area contributed by atoms with Gasteiger partial charge in [0.1, 0.15) is 5.82 Å². The number of hydrogen-bond donors (Lipinski definition) is 1. The van der Waals surface area contributed by atoms with Crippen LogP contribution in [0, 0.1) is 22.6 Å². The third-order valence-corrected chi connectivity index (χ3v) is 2.85. The molecule has 0 aliphatic heterocycles.